The summed E-state index contributed by atoms with van der Waals surface area (Å²) in [4.78, 5) is 8.52. The van der Waals surface area contributed by atoms with Gasteiger partial charge in [0.1, 0.15) is 0 Å². The minimum atomic E-state index is -3.50. The largest absolute Gasteiger partial charge is 0.296 e. The molecule has 0 aliphatic carbocycles. The third-order valence-corrected chi connectivity index (χ3v) is 5.29. The Hall–Kier alpha value is -1.79. The highest BCUT2D eigenvalue weighted by Crippen LogP contribution is 2.25. The maximum absolute atomic E-state index is 12.8. The van der Waals surface area contributed by atoms with E-state index in [0.717, 1.165) is 11.8 Å². The zero-order chi connectivity index (χ0) is 14.0. The summed E-state index contributed by atoms with van der Waals surface area (Å²) in [5.74, 6) is 0. The van der Waals surface area contributed by atoms with Gasteiger partial charge in [-0.1, -0.05) is 12.1 Å². The van der Waals surface area contributed by atoms with Crippen molar-refractivity contribution in [2.24, 2.45) is 4.99 Å². The van der Waals surface area contributed by atoms with Crippen LogP contribution in [0.5, 0.6) is 0 Å². The SMILES string of the molecule is O=S(=O)(c1cccc2cnccc12)N1CC=NCCC1. The minimum absolute atomic E-state index is 0.337. The normalized spacial score (nSPS) is 17.2. The summed E-state index contributed by atoms with van der Waals surface area (Å²) in [5.41, 5.74) is 0. The maximum Gasteiger partial charge on any atom is 0.244 e. The average molecular weight is 289 g/mol. The van der Waals surface area contributed by atoms with Gasteiger partial charge in [-0.25, -0.2) is 8.42 Å². The molecule has 0 fully saturated rings. The molecule has 20 heavy (non-hydrogen) atoms. The molecule has 1 aliphatic heterocycles. The molecule has 0 atom stereocenters. The number of fused-ring (bicyclic) bond motifs is 1. The van der Waals surface area contributed by atoms with Crippen LogP contribution in [0.4, 0.5) is 0 Å². The Balaban J connectivity index is 2.11. The van der Waals surface area contributed by atoms with Crippen LogP contribution in [-0.2, 0) is 10.0 Å². The van der Waals surface area contributed by atoms with Crippen molar-refractivity contribution in [2.75, 3.05) is 19.6 Å². The highest BCUT2D eigenvalue weighted by Gasteiger charge is 2.25. The molecule has 1 aromatic heterocycles. The standard InChI is InChI=1S/C14H15N3O2S/c18-20(19,17-9-2-6-15-8-10-17)14-4-1-3-12-11-16-7-5-13(12)14/h1,3-5,7-8,11H,2,6,9-10H2. The van der Waals surface area contributed by atoms with E-state index in [1.165, 1.54) is 4.31 Å². The molecule has 3 rings (SSSR count). The molecule has 0 bridgehead atoms. The summed E-state index contributed by atoms with van der Waals surface area (Å²) < 4.78 is 27.1. The van der Waals surface area contributed by atoms with E-state index in [9.17, 15) is 8.42 Å². The van der Waals surface area contributed by atoms with Crippen LogP contribution in [0.3, 0.4) is 0 Å². The summed E-state index contributed by atoms with van der Waals surface area (Å²) in [7, 11) is -3.50. The fourth-order valence-corrected chi connectivity index (χ4v) is 3.97. The van der Waals surface area contributed by atoms with Gasteiger partial charge in [-0.2, -0.15) is 4.31 Å². The predicted molar refractivity (Wildman–Crippen MR) is 78.5 cm³/mol. The molecular formula is C14H15N3O2S. The summed E-state index contributed by atoms with van der Waals surface area (Å²) in [6.45, 7) is 1.53. The third kappa shape index (κ3) is 2.32. The molecule has 2 aromatic rings. The number of aromatic nitrogens is 1. The molecule has 1 aromatic carbocycles. The van der Waals surface area contributed by atoms with Crippen molar-refractivity contribution >= 4 is 27.0 Å². The Morgan fingerprint density at radius 2 is 2.10 bits per heavy atom. The highest BCUT2D eigenvalue weighted by molar-refractivity contribution is 7.89. The van der Waals surface area contributed by atoms with Crippen LogP contribution in [0.15, 0.2) is 46.5 Å². The zero-order valence-electron chi connectivity index (χ0n) is 10.9. The second kappa shape index (κ2) is 5.30. The van der Waals surface area contributed by atoms with Crippen molar-refractivity contribution in [3.05, 3.63) is 36.7 Å². The van der Waals surface area contributed by atoms with Gasteiger partial charge in [0.25, 0.3) is 0 Å². The van der Waals surface area contributed by atoms with Crippen LogP contribution in [0, 0.1) is 0 Å². The van der Waals surface area contributed by atoms with Crippen LogP contribution < -0.4 is 0 Å². The topological polar surface area (TPSA) is 62.6 Å². The first-order valence-electron chi connectivity index (χ1n) is 6.51. The van der Waals surface area contributed by atoms with E-state index in [1.807, 2.05) is 6.07 Å². The average Bonchev–Trinajstić information content (AvgIpc) is 2.76. The molecule has 5 nitrogen and oxygen atoms in total. The van der Waals surface area contributed by atoms with Crippen LogP contribution >= 0.6 is 0 Å². The van der Waals surface area contributed by atoms with E-state index >= 15 is 0 Å². The Morgan fingerprint density at radius 3 is 3.00 bits per heavy atom. The first-order chi connectivity index (χ1) is 9.69. The molecule has 1 aliphatic rings. The lowest BCUT2D eigenvalue weighted by Gasteiger charge is -2.19. The molecule has 0 spiro atoms. The first-order valence-corrected chi connectivity index (χ1v) is 7.95. The fourth-order valence-electron chi connectivity index (χ4n) is 2.34. The molecule has 2 heterocycles. The van der Waals surface area contributed by atoms with Gasteiger partial charge < -0.3 is 0 Å². The van der Waals surface area contributed by atoms with Crippen molar-refractivity contribution in [3.63, 3.8) is 0 Å². The monoisotopic (exact) mass is 289 g/mol. The molecule has 0 amide bonds. The van der Waals surface area contributed by atoms with Crippen LogP contribution in [-0.4, -0.2) is 43.6 Å². The minimum Gasteiger partial charge on any atom is -0.296 e. The number of pyridine rings is 1. The molecule has 6 heteroatoms. The van der Waals surface area contributed by atoms with Gasteiger partial charge in [0, 0.05) is 49.0 Å². The molecule has 0 N–H and O–H groups in total. The van der Waals surface area contributed by atoms with Crippen molar-refractivity contribution in [1.82, 2.24) is 9.29 Å². The lowest BCUT2D eigenvalue weighted by Crippen LogP contribution is -2.33. The summed E-state index contributed by atoms with van der Waals surface area (Å²) in [6.07, 6.45) is 5.72. The van der Waals surface area contributed by atoms with Gasteiger partial charge >= 0.3 is 0 Å². The van der Waals surface area contributed by atoms with Gasteiger partial charge in [0.05, 0.1) is 4.90 Å². The van der Waals surface area contributed by atoms with Gasteiger partial charge in [0.15, 0.2) is 0 Å². The Labute approximate surface area is 118 Å². The van der Waals surface area contributed by atoms with Crippen LogP contribution in [0.1, 0.15) is 6.42 Å². The molecule has 0 radical (unpaired) electrons. The van der Waals surface area contributed by atoms with E-state index in [4.69, 9.17) is 0 Å². The van der Waals surface area contributed by atoms with Gasteiger partial charge in [-0.3, -0.25) is 9.98 Å². The molecule has 0 saturated heterocycles. The second-order valence-electron chi connectivity index (χ2n) is 4.66. The highest BCUT2D eigenvalue weighted by atomic mass is 32.2. The van der Waals surface area contributed by atoms with Crippen molar-refractivity contribution in [1.29, 1.82) is 0 Å². The van der Waals surface area contributed by atoms with Crippen LogP contribution in [0.25, 0.3) is 10.8 Å². The van der Waals surface area contributed by atoms with Crippen molar-refractivity contribution in [3.8, 4) is 0 Å². The number of aliphatic imine (C=N–C) groups is 1. The lowest BCUT2D eigenvalue weighted by atomic mass is 10.2. The quantitative estimate of drug-likeness (QED) is 0.845. The van der Waals surface area contributed by atoms with Gasteiger partial charge in [-0.05, 0) is 18.6 Å². The van der Waals surface area contributed by atoms with E-state index in [2.05, 4.69) is 9.98 Å². The lowest BCUT2D eigenvalue weighted by molar-refractivity contribution is 0.454. The number of hydrogen-bond acceptors (Lipinski definition) is 4. The molecule has 0 saturated carbocycles. The number of sulfonamides is 1. The zero-order valence-corrected chi connectivity index (χ0v) is 11.8. The molecular weight excluding hydrogens is 274 g/mol. The molecule has 104 valence electrons. The van der Waals surface area contributed by atoms with E-state index < -0.39 is 10.0 Å². The van der Waals surface area contributed by atoms with Gasteiger partial charge in [0.2, 0.25) is 10.0 Å². The predicted octanol–water partition coefficient (Wildman–Crippen LogP) is 1.70. The Bertz CT molecular complexity index is 751. The fraction of sp³-hybridized carbons (Fsp3) is 0.286. The maximum atomic E-state index is 12.8. The van der Waals surface area contributed by atoms with Crippen LogP contribution in [0.2, 0.25) is 0 Å². The van der Waals surface area contributed by atoms with E-state index in [-0.39, 0.29) is 0 Å². The second-order valence-corrected chi connectivity index (χ2v) is 6.56. The number of nitrogens with zero attached hydrogens (tertiary/aromatic N) is 3. The van der Waals surface area contributed by atoms with Crippen molar-refractivity contribution < 1.29 is 8.42 Å². The number of benzene rings is 1. The molecule has 0 unspecified atom stereocenters. The van der Waals surface area contributed by atoms with E-state index in [1.54, 1.807) is 36.8 Å². The smallest absolute Gasteiger partial charge is 0.244 e. The number of rotatable bonds is 2. The first kappa shape index (κ1) is 13.2. The third-order valence-electron chi connectivity index (χ3n) is 3.37. The Kier molecular flexibility index (Phi) is 3.50. The summed E-state index contributed by atoms with van der Waals surface area (Å²) in [5, 5.41) is 1.54. The van der Waals surface area contributed by atoms with E-state index in [0.29, 0.717) is 29.9 Å². The number of hydrogen-bond donors (Lipinski definition) is 0. The van der Waals surface area contributed by atoms with Gasteiger partial charge in [-0.15, -0.1) is 0 Å². The van der Waals surface area contributed by atoms with Crippen molar-refractivity contribution in [2.45, 2.75) is 11.3 Å². The summed E-state index contributed by atoms with van der Waals surface area (Å²) in [6, 6.07) is 7.02. The summed E-state index contributed by atoms with van der Waals surface area (Å²) >= 11 is 0. The Morgan fingerprint density at radius 1 is 1.20 bits per heavy atom.